The zero-order valence-electron chi connectivity index (χ0n) is 24.8. The van der Waals surface area contributed by atoms with Crippen LogP contribution in [0.5, 0.6) is 0 Å². The molecule has 6 rings (SSSR count). The average molecular weight is 499 g/mol. The van der Waals surface area contributed by atoms with Crippen molar-refractivity contribution in [2.24, 2.45) is 50.2 Å². The summed E-state index contributed by atoms with van der Waals surface area (Å²) in [6, 6.07) is 0. The van der Waals surface area contributed by atoms with Gasteiger partial charge in [0.1, 0.15) is 0 Å². The maximum absolute atomic E-state index is 11.4. The van der Waals surface area contributed by atoms with Crippen molar-refractivity contribution >= 4 is 0 Å². The molecule has 5 fully saturated rings. The Labute approximate surface area is 221 Å². The first-order valence-electron chi connectivity index (χ1n) is 15.2. The van der Waals surface area contributed by atoms with Crippen LogP contribution in [-0.4, -0.2) is 29.7 Å². The zero-order chi connectivity index (χ0) is 26.2. The van der Waals surface area contributed by atoms with Crippen molar-refractivity contribution in [3.05, 3.63) is 11.6 Å². The Bertz CT molecular complexity index is 966. The summed E-state index contributed by atoms with van der Waals surface area (Å²) in [4.78, 5) is 0. The Morgan fingerprint density at radius 2 is 1.50 bits per heavy atom. The summed E-state index contributed by atoms with van der Waals surface area (Å²) in [6.45, 7) is 22.7. The van der Waals surface area contributed by atoms with E-state index in [0.717, 1.165) is 19.4 Å². The van der Waals surface area contributed by atoms with Crippen molar-refractivity contribution in [3.8, 4) is 0 Å². The van der Waals surface area contributed by atoms with Crippen molar-refractivity contribution in [1.29, 1.82) is 0 Å². The van der Waals surface area contributed by atoms with Gasteiger partial charge in [-0.15, -0.1) is 0 Å². The summed E-state index contributed by atoms with van der Waals surface area (Å²) in [6.07, 6.45) is 13.7. The highest BCUT2D eigenvalue weighted by Gasteiger charge is 2.70. The van der Waals surface area contributed by atoms with Gasteiger partial charge in [0.15, 0.2) is 5.79 Å². The molecule has 0 unspecified atom stereocenters. The highest BCUT2D eigenvalue weighted by atomic mass is 16.7. The molecule has 6 aliphatic rings. The maximum Gasteiger partial charge on any atom is 0.163 e. The first kappa shape index (κ1) is 25.9. The van der Waals surface area contributed by atoms with Crippen LogP contribution in [0.15, 0.2) is 11.6 Å². The van der Waals surface area contributed by atoms with Crippen LogP contribution in [0.2, 0.25) is 0 Å². The van der Waals surface area contributed by atoms with E-state index >= 15 is 0 Å². The fourth-order valence-electron chi connectivity index (χ4n) is 11.6. The van der Waals surface area contributed by atoms with Crippen LogP contribution in [0.1, 0.15) is 120 Å². The molecule has 0 bridgehead atoms. The molecule has 3 nitrogen and oxygen atoms in total. The molecule has 0 radical (unpaired) electrons. The lowest BCUT2D eigenvalue weighted by molar-refractivity contribution is -0.351. The summed E-state index contributed by atoms with van der Waals surface area (Å²) >= 11 is 0. The number of rotatable bonds is 0. The van der Waals surface area contributed by atoms with E-state index < -0.39 is 5.79 Å². The van der Waals surface area contributed by atoms with Crippen LogP contribution in [0.4, 0.5) is 0 Å². The normalized spacial score (nSPS) is 57.3. The molecule has 1 saturated heterocycles. The fourth-order valence-corrected chi connectivity index (χ4v) is 11.6. The van der Waals surface area contributed by atoms with Crippen molar-refractivity contribution in [2.75, 3.05) is 6.61 Å². The van der Waals surface area contributed by atoms with Gasteiger partial charge in [-0.3, -0.25) is 0 Å². The highest BCUT2D eigenvalue weighted by Crippen LogP contribution is 2.76. The fraction of sp³-hybridized carbons (Fsp3) is 0.939. The highest BCUT2D eigenvalue weighted by molar-refractivity contribution is 5.34. The minimum Gasteiger partial charge on any atom is -0.393 e. The van der Waals surface area contributed by atoms with Gasteiger partial charge in [0.2, 0.25) is 0 Å². The zero-order valence-corrected chi connectivity index (χ0v) is 24.8. The predicted molar refractivity (Wildman–Crippen MR) is 145 cm³/mol. The number of hydrogen-bond acceptors (Lipinski definition) is 3. The van der Waals surface area contributed by atoms with Gasteiger partial charge in [-0.2, -0.15) is 0 Å². The summed E-state index contributed by atoms with van der Waals surface area (Å²) in [5.74, 6) is 1.43. The Kier molecular flexibility index (Phi) is 5.33. The molecule has 1 heterocycles. The van der Waals surface area contributed by atoms with Gasteiger partial charge in [-0.05, 0) is 111 Å². The van der Waals surface area contributed by atoms with E-state index in [1.165, 1.54) is 44.9 Å². The van der Waals surface area contributed by atoms with E-state index in [-0.39, 0.29) is 27.8 Å². The predicted octanol–water partition coefficient (Wildman–Crippen LogP) is 7.91. The van der Waals surface area contributed by atoms with Crippen molar-refractivity contribution in [2.45, 2.75) is 138 Å². The molecule has 10 atom stereocenters. The lowest BCUT2D eigenvalue weighted by Gasteiger charge is -2.72. The molecule has 0 aromatic carbocycles. The molecule has 4 saturated carbocycles. The number of aliphatic hydroxyl groups excluding tert-OH is 1. The lowest BCUT2D eigenvalue weighted by atomic mass is 9.33. The summed E-state index contributed by atoms with van der Waals surface area (Å²) in [7, 11) is 0. The van der Waals surface area contributed by atoms with Crippen LogP contribution in [0, 0.1) is 50.2 Å². The topological polar surface area (TPSA) is 38.7 Å². The quantitative estimate of drug-likeness (QED) is 0.345. The van der Waals surface area contributed by atoms with Gasteiger partial charge < -0.3 is 14.6 Å². The molecule has 36 heavy (non-hydrogen) atoms. The first-order valence-corrected chi connectivity index (χ1v) is 15.2. The first-order chi connectivity index (χ1) is 16.5. The Hall–Kier alpha value is -0.380. The molecule has 1 aliphatic heterocycles. The molecule has 0 spiro atoms. The van der Waals surface area contributed by atoms with E-state index in [1.54, 1.807) is 5.57 Å². The third-order valence-corrected chi connectivity index (χ3v) is 14.0. The largest absolute Gasteiger partial charge is 0.393 e. The number of aliphatic hydroxyl groups is 1. The molecule has 0 amide bonds. The standard InChI is InChI=1S/C33H54O3/c1-27(2)18-22-21-10-11-24-30(6)14-13-26-31(7,20-35-28(3,4)36-26)23(30)12-15-33(24,9)32(21,8)17-16-29(22,5)25(34)19-27/h10,22-26,34H,11-20H2,1-9H3/t22-,23+,24+,25+,26-,29+,30-,31+,32+,33+/m0/s1. The Morgan fingerprint density at radius 3 is 2.22 bits per heavy atom. The van der Waals surface area contributed by atoms with Crippen molar-refractivity contribution in [1.82, 2.24) is 0 Å². The second kappa shape index (κ2) is 7.42. The molecule has 1 N–H and O–H groups in total. The number of fused-ring (bicyclic) bond motifs is 9. The van der Waals surface area contributed by atoms with Gasteiger partial charge in [-0.1, -0.05) is 60.1 Å². The monoisotopic (exact) mass is 498 g/mol. The molecule has 0 aromatic heterocycles. The lowest BCUT2D eigenvalue weighted by Crippen LogP contribution is -2.68. The van der Waals surface area contributed by atoms with Crippen LogP contribution in [-0.2, 0) is 9.47 Å². The number of allylic oxidation sites excluding steroid dienone is 2. The SMILES string of the molecule is CC1(C)C[C@@H](O)[C@]2(C)CC[C@]3(C)C(=CC[C@@H]4[C@@]5(C)CC[C@@H]6OC(C)(C)OC[C@]6(C)[C@@H]5CC[C@]43C)[C@@H]2C1. The van der Waals surface area contributed by atoms with E-state index in [1.807, 2.05) is 0 Å². The van der Waals surface area contributed by atoms with Gasteiger partial charge in [0.25, 0.3) is 0 Å². The van der Waals surface area contributed by atoms with Crippen LogP contribution in [0.3, 0.4) is 0 Å². The van der Waals surface area contributed by atoms with Gasteiger partial charge in [-0.25, -0.2) is 0 Å². The smallest absolute Gasteiger partial charge is 0.163 e. The van der Waals surface area contributed by atoms with E-state index in [2.05, 4.69) is 68.4 Å². The number of ether oxygens (including phenoxy) is 2. The minimum atomic E-state index is -0.454. The molecule has 204 valence electrons. The van der Waals surface area contributed by atoms with E-state index in [4.69, 9.17) is 9.47 Å². The van der Waals surface area contributed by atoms with Gasteiger partial charge in [0.05, 0.1) is 18.8 Å². The Morgan fingerprint density at radius 1 is 0.778 bits per heavy atom. The van der Waals surface area contributed by atoms with Crippen molar-refractivity contribution < 1.29 is 14.6 Å². The molecule has 0 aromatic rings. The third kappa shape index (κ3) is 3.15. The third-order valence-electron chi connectivity index (χ3n) is 14.0. The van der Waals surface area contributed by atoms with Crippen molar-refractivity contribution in [3.63, 3.8) is 0 Å². The van der Waals surface area contributed by atoms with Crippen LogP contribution < -0.4 is 0 Å². The summed E-state index contributed by atoms with van der Waals surface area (Å²) in [5.41, 5.74) is 2.97. The number of hydrogen-bond donors (Lipinski definition) is 1. The molecule has 5 aliphatic carbocycles. The summed E-state index contributed by atoms with van der Waals surface area (Å²) in [5, 5.41) is 11.4. The summed E-state index contributed by atoms with van der Waals surface area (Å²) < 4.78 is 12.9. The maximum atomic E-state index is 11.4. The second-order valence-electron chi connectivity index (χ2n) is 16.8. The molecule has 3 heteroatoms. The molecular formula is C33H54O3. The van der Waals surface area contributed by atoms with Crippen LogP contribution >= 0.6 is 0 Å². The minimum absolute atomic E-state index is 0.0419. The second-order valence-corrected chi connectivity index (χ2v) is 16.8. The average Bonchev–Trinajstić information content (AvgIpc) is 2.76. The van der Waals surface area contributed by atoms with Gasteiger partial charge in [0, 0.05) is 10.8 Å². The van der Waals surface area contributed by atoms with E-state index in [9.17, 15) is 5.11 Å². The Balaban J connectivity index is 1.38. The van der Waals surface area contributed by atoms with Gasteiger partial charge >= 0.3 is 0 Å². The molecular weight excluding hydrogens is 444 g/mol. The van der Waals surface area contributed by atoms with Crippen LogP contribution in [0.25, 0.3) is 0 Å². The van der Waals surface area contributed by atoms with E-state index in [0.29, 0.717) is 34.7 Å².